The minimum atomic E-state index is -4.16. The maximum atomic E-state index is 10.6. The summed E-state index contributed by atoms with van der Waals surface area (Å²) in [7, 11) is -0.0420. The number of benzene rings is 1. The van der Waals surface area contributed by atoms with Gasteiger partial charge in [-0.25, -0.2) is 9.98 Å². The second-order valence-electron chi connectivity index (χ2n) is 5.29. The Morgan fingerprint density at radius 1 is 1.24 bits per heavy atom. The molecule has 0 saturated heterocycles. The summed E-state index contributed by atoms with van der Waals surface area (Å²) in [5.74, 6) is -0.246. The van der Waals surface area contributed by atoms with Crippen molar-refractivity contribution >= 4 is 27.7 Å². The lowest BCUT2D eigenvalue weighted by atomic mass is 10.3. The summed E-state index contributed by atoms with van der Waals surface area (Å²) in [6.45, 7) is 6.01. The molecule has 1 aromatic carbocycles. The van der Waals surface area contributed by atoms with Gasteiger partial charge in [0.15, 0.2) is 0 Å². The van der Waals surface area contributed by atoms with E-state index in [0.717, 1.165) is 26.1 Å². The van der Waals surface area contributed by atoms with E-state index < -0.39 is 10.1 Å². The normalized spacial score (nSPS) is 10.3. The van der Waals surface area contributed by atoms with Crippen molar-refractivity contribution in [2.24, 2.45) is 9.98 Å². The van der Waals surface area contributed by atoms with Crippen LogP contribution in [0.2, 0.25) is 0 Å². The van der Waals surface area contributed by atoms with Crippen molar-refractivity contribution in [3.63, 3.8) is 0 Å². The Morgan fingerprint density at radius 3 is 2.28 bits per heavy atom. The standard InChI is InChI=1S/C8H17N3.C8H9NO4S/c1-4-9-8-10-6-5-7-11(2)3;1-6(10)9-7-2-4-8(5-3-7)14(11,12)13/h4-7H2,1-3H3;2-5H,1H3,(H,9,10)(H,11,12,13). The van der Waals surface area contributed by atoms with Crippen LogP contribution in [0.25, 0.3) is 0 Å². The zero-order chi connectivity index (χ0) is 19.3. The molecule has 0 aliphatic heterocycles. The number of anilines is 1. The molecule has 140 valence electrons. The molecule has 0 heterocycles. The van der Waals surface area contributed by atoms with Crippen LogP contribution in [0.4, 0.5) is 5.69 Å². The summed E-state index contributed by atoms with van der Waals surface area (Å²) in [4.78, 5) is 20.4. The van der Waals surface area contributed by atoms with Gasteiger partial charge >= 0.3 is 0 Å². The largest absolute Gasteiger partial charge is 0.326 e. The number of hydrogen-bond donors (Lipinski definition) is 2. The lowest BCUT2D eigenvalue weighted by Crippen LogP contribution is -2.13. The second-order valence-corrected chi connectivity index (χ2v) is 6.72. The Kier molecular flexibility index (Phi) is 11.3. The van der Waals surface area contributed by atoms with E-state index in [1.54, 1.807) is 0 Å². The van der Waals surface area contributed by atoms with Crippen molar-refractivity contribution in [2.75, 3.05) is 39.0 Å². The van der Waals surface area contributed by atoms with Crippen LogP contribution in [0.1, 0.15) is 20.3 Å². The van der Waals surface area contributed by atoms with E-state index in [9.17, 15) is 13.2 Å². The number of rotatable bonds is 7. The number of nitrogens with zero attached hydrogens (tertiary/aromatic N) is 3. The number of aliphatic imine (C=N–C) groups is 2. The summed E-state index contributed by atoms with van der Waals surface area (Å²) < 4.78 is 29.9. The highest BCUT2D eigenvalue weighted by molar-refractivity contribution is 7.85. The smallest absolute Gasteiger partial charge is 0.294 e. The van der Waals surface area contributed by atoms with Crippen molar-refractivity contribution < 1.29 is 17.8 Å². The van der Waals surface area contributed by atoms with Crippen LogP contribution in [0.3, 0.4) is 0 Å². The molecule has 2 N–H and O–H groups in total. The molecule has 0 aliphatic carbocycles. The molecule has 0 spiro atoms. The van der Waals surface area contributed by atoms with Gasteiger partial charge in [0.25, 0.3) is 10.1 Å². The van der Waals surface area contributed by atoms with Gasteiger partial charge in [-0.1, -0.05) is 0 Å². The zero-order valence-electron chi connectivity index (χ0n) is 15.1. The van der Waals surface area contributed by atoms with Crippen LogP contribution in [-0.4, -0.2) is 63.5 Å². The minimum Gasteiger partial charge on any atom is -0.326 e. The van der Waals surface area contributed by atoms with Gasteiger partial charge in [-0.05, 0) is 58.3 Å². The summed E-state index contributed by atoms with van der Waals surface area (Å²) >= 11 is 0. The molecular weight excluding hydrogens is 344 g/mol. The molecule has 0 saturated carbocycles. The molecule has 0 aromatic heterocycles. The van der Waals surface area contributed by atoms with E-state index in [2.05, 4.69) is 40.3 Å². The maximum Gasteiger partial charge on any atom is 0.294 e. The summed E-state index contributed by atoms with van der Waals surface area (Å²) in [5, 5.41) is 2.47. The van der Waals surface area contributed by atoms with E-state index in [0.29, 0.717) is 5.69 Å². The number of amides is 1. The second kappa shape index (κ2) is 12.3. The zero-order valence-corrected chi connectivity index (χ0v) is 15.9. The van der Waals surface area contributed by atoms with E-state index in [1.165, 1.54) is 31.2 Å². The molecule has 0 atom stereocenters. The monoisotopic (exact) mass is 370 g/mol. The lowest BCUT2D eigenvalue weighted by Gasteiger charge is -2.05. The van der Waals surface area contributed by atoms with E-state index in [4.69, 9.17) is 4.55 Å². The highest BCUT2D eigenvalue weighted by Gasteiger charge is 2.08. The van der Waals surface area contributed by atoms with Crippen LogP contribution in [0.5, 0.6) is 0 Å². The third-order valence-corrected chi connectivity index (χ3v) is 3.52. The maximum absolute atomic E-state index is 10.6. The van der Waals surface area contributed by atoms with Gasteiger partial charge in [0, 0.05) is 19.2 Å². The fourth-order valence-electron chi connectivity index (χ4n) is 1.55. The average molecular weight is 370 g/mol. The molecule has 0 bridgehead atoms. The van der Waals surface area contributed by atoms with E-state index in [1.807, 2.05) is 6.92 Å². The van der Waals surface area contributed by atoms with Crippen LogP contribution in [0.15, 0.2) is 39.1 Å². The van der Waals surface area contributed by atoms with Gasteiger partial charge in [0.2, 0.25) is 5.91 Å². The number of carbonyl (C=O) groups excluding carboxylic acids is 1. The fourth-order valence-corrected chi connectivity index (χ4v) is 2.03. The number of nitrogens with one attached hydrogen (secondary N) is 1. The van der Waals surface area contributed by atoms with Crippen molar-refractivity contribution in [1.82, 2.24) is 4.90 Å². The minimum absolute atomic E-state index is 0.202. The molecule has 8 nitrogen and oxygen atoms in total. The van der Waals surface area contributed by atoms with Gasteiger partial charge in [-0.3, -0.25) is 9.35 Å². The van der Waals surface area contributed by atoms with Gasteiger partial charge in [-0.15, -0.1) is 0 Å². The molecule has 1 aromatic rings. The first-order valence-electron chi connectivity index (χ1n) is 7.74. The Labute approximate surface area is 149 Å². The predicted octanol–water partition coefficient (Wildman–Crippen LogP) is 2.02. The Morgan fingerprint density at radius 2 is 1.84 bits per heavy atom. The molecule has 1 amide bonds. The topological polar surface area (TPSA) is 111 Å². The van der Waals surface area contributed by atoms with Crippen LogP contribution < -0.4 is 5.32 Å². The van der Waals surface area contributed by atoms with Crippen LogP contribution >= 0.6 is 0 Å². The van der Waals surface area contributed by atoms with Gasteiger partial charge in [-0.2, -0.15) is 8.42 Å². The van der Waals surface area contributed by atoms with Crippen molar-refractivity contribution in [1.29, 1.82) is 0 Å². The fraction of sp³-hybridized carbons (Fsp3) is 0.500. The van der Waals surface area contributed by atoms with E-state index in [-0.39, 0.29) is 10.8 Å². The van der Waals surface area contributed by atoms with Gasteiger partial charge < -0.3 is 10.2 Å². The molecule has 25 heavy (non-hydrogen) atoms. The first-order chi connectivity index (χ1) is 11.7. The summed E-state index contributed by atoms with van der Waals surface area (Å²) in [6, 6.07) is 7.84. The van der Waals surface area contributed by atoms with Crippen molar-refractivity contribution in [3.05, 3.63) is 24.3 Å². The first-order valence-corrected chi connectivity index (χ1v) is 9.18. The van der Waals surface area contributed by atoms with Gasteiger partial charge in [0.05, 0.1) is 17.4 Å². The quantitative estimate of drug-likeness (QED) is 0.433. The molecule has 0 aliphatic rings. The average Bonchev–Trinajstić information content (AvgIpc) is 2.50. The first kappa shape index (κ1) is 22.9. The molecular formula is C16H26N4O4S. The third kappa shape index (κ3) is 13.0. The summed E-state index contributed by atoms with van der Waals surface area (Å²) in [6.07, 6.45) is 1.08. The van der Waals surface area contributed by atoms with Crippen molar-refractivity contribution in [3.8, 4) is 0 Å². The number of hydrogen-bond acceptors (Lipinski definition) is 6. The molecule has 0 unspecified atom stereocenters. The van der Waals surface area contributed by atoms with E-state index >= 15 is 0 Å². The molecule has 9 heteroatoms. The SMILES string of the molecule is CC(=O)Nc1ccc(S(=O)(=O)O)cc1.CCN=C=NCCCN(C)C. The summed E-state index contributed by atoms with van der Waals surface area (Å²) in [5.41, 5.74) is 0.477. The Bertz CT molecular complexity index is 679. The third-order valence-electron chi connectivity index (χ3n) is 2.65. The Hall–Kier alpha value is -2.06. The molecule has 1 rings (SSSR count). The van der Waals surface area contributed by atoms with Crippen LogP contribution in [-0.2, 0) is 14.9 Å². The van der Waals surface area contributed by atoms with Crippen LogP contribution in [0, 0.1) is 0 Å². The Balaban J connectivity index is 0.000000477. The van der Waals surface area contributed by atoms with Crippen molar-refractivity contribution in [2.45, 2.75) is 25.2 Å². The molecule has 0 fully saturated rings. The number of carbonyl (C=O) groups is 1. The lowest BCUT2D eigenvalue weighted by molar-refractivity contribution is -0.114. The predicted molar refractivity (Wildman–Crippen MR) is 99.0 cm³/mol. The molecule has 0 radical (unpaired) electrons. The highest BCUT2D eigenvalue weighted by Crippen LogP contribution is 2.13. The highest BCUT2D eigenvalue weighted by atomic mass is 32.2. The van der Waals surface area contributed by atoms with Gasteiger partial charge in [0.1, 0.15) is 0 Å².